The van der Waals surface area contributed by atoms with E-state index in [1.54, 1.807) is 32.9 Å². The van der Waals surface area contributed by atoms with Crippen LogP contribution in [0.4, 0.5) is 9.18 Å². The van der Waals surface area contributed by atoms with Crippen molar-refractivity contribution in [2.24, 2.45) is 0 Å². The summed E-state index contributed by atoms with van der Waals surface area (Å²) in [5.41, 5.74) is 0.265. The molecule has 20 heavy (non-hydrogen) atoms. The van der Waals surface area contributed by atoms with E-state index >= 15 is 0 Å². The van der Waals surface area contributed by atoms with Gasteiger partial charge in [0, 0.05) is 12.5 Å². The largest absolute Gasteiger partial charge is 0.444 e. The van der Waals surface area contributed by atoms with Gasteiger partial charge >= 0.3 is 6.09 Å². The molecule has 1 aliphatic heterocycles. The Bertz CT molecular complexity index is 481. The third-order valence-electron chi connectivity index (χ3n) is 3.24. The fourth-order valence-corrected chi connectivity index (χ4v) is 2.30. The van der Waals surface area contributed by atoms with E-state index in [0.717, 1.165) is 5.56 Å². The Balaban J connectivity index is 2.05. The van der Waals surface area contributed by atoms with Crippen LogP contribution in [0.2, 0.25) is 0 Å². The number of hydrogen-bond acceptors (Lipinski definition) is 3. The summed E-state index contributed by atoms with van der Waals surface area (Å²) in [4.78, 5) is 13.5. The van der Waals surface area contributed by atoms with Gasteiger partial charge in [0.05, 0.1) is 12.6 Å². The number of ether oxygens (including phenoxy) is 1. The molecule has 5 heteroatoms. The Hall–Kier alpha value is -1.62. The Morgan fingerprint density at radius 1 is 1.30 bits per heavy atom. The lowest BCUT2D eigenvalue weighted by Gasteiger charge is -2.24. The Kier molecular flexibility index (Phi) is 3.99. The number of β-amino-alcohol motifs (C(OH)–C–C–N with tert-alkyl or cyclic N) is 1. The summed E-state index contributed by atoms with van der Waals surface area (Å²) < 4.78 is 18.2. The first-order chi connectivity index (χ1) is 9.26. The van der Waals surface area contributed by atoms with E-state index in [-0.39, 0.29) is 18.3 Å². The van der Waals surface area contributed by atoms with Gasteiger partial charge in [0.25, 0.3) is 0 Å². The van der Waals surface area contributed by atoms with Gasteiger partial charge in [-0.05, 0) is 38.5 Å². The third kappa shape index (κ3) is 3.48. The van der Waals surface area contributed by atoms with Crippen LogP contribution in [0.5, 0.6) is 0 Å². The summed E-state index contributed by atoms with van der Waals surface area (Å²) in [6.07, 6.45) is -1.09. The molecule has 1 saturated heterocycles. The minimum atomic E-state index is -0.659. The van der Waals surface area contributed by atoms with Crippen LogP contribution in [0.25, 0.3) is 0 Å². The fraction of sp³-hybridized carbons (Fsp3) is 0.533. The predicted molar refractivity (Wildman–Crippen MR) is 73.0 cm³/mol. The number of likely N-dealkylation sites (tertiary alicyclic amines) is 1. The van der Waals surface area contributed by atoms with Gasteiger partial charge in [0.2, 0.25) is 0 Å². The molecule has 1 aliphatic rings. The SMILES string of the molecule is CC(C)(C)OC(=O)N1CC(O)C(c2ccc(F)cc2)C1. The molecule has 1 aromatic carbocycles. The maximum atomic E-state index is 12.9. The second-order valence-electron chi connectivity index (χ2n) is 6.11. The lowest BCUT2D eigenvalue weighted by atomic mass is 9.96. The molecule has 1 fully saturated rings. The molecular formula is C15H20FNO3. The number of aliphatic hydroxyl groups excluding tert-OH is 1. The molecule has 0 saturated carbocycles. The molecule has 0 radical (unpaired) electrons. The Morgan fingerprint density at radius 2 is 1.90 bits per heavy atom. The molecule has 0 bridgehead atoms. The van der Waals surface area contributed by atoms with E-state index < -0.39 is 17.8 Å². The van der Waals surface area contributed by atoms with Gasteiger partial charge in [-0.15, -0.1) is 0 Å². The van der Waals surface area contributed by atoms with Crippen LogP contribution < -0.4 is 0 Å². The molecule has 0 spiro atoms. The van der Waals surface area contributed by atoms with Gasteiger partial charge < -0.3 is 14.7 Å². The monoisotopic (exact) mass is 281 g/mol. The molecule has 0 aromatic heterocycles. The van der Waals surface area contributed by atoms with Gasteiger partial charge in [-0.1, -0.05) is 12.1 Å². The average Bonchev–Trinajstić information content (AvgIpc) is 2.70. The quantitative estimate of drug-likeness (QED) is 0.860. The van der Waals surface area contributed by atoms with E-state index in [9.17, 15) is 14.3 Å². The van der Waals surface area contributed by atoms with E-state index in [1.165, 1.54) is 17.0 Å². The highest BCUT2D eigenvalue weighted by molar-refractivity contribution is 5.68. The van der Waals surface area contributed by atoms with E-state index in [1.807, 2.05) is 0 Å². The van der Waals surface area contributed by atoms with Crippen molar-refractivity contribution < 1.29 is 19.0 Å². The molecule has 4 nitrogen and oxygen atoms in total. The summed E-state index contributed by atoms with van der Waals surface area (Å²) in [5.74, 6) is -0.520. The molecule has 1 aromatic rings. The van der Waals surface area contributed by atoms with Crippen molar-refractivity contribution in [1.29, 1.82) is 0 Å². The van der Waals surface area contributed by atoms with Crippen molar-refractivity contribution in [3.05, 3.63) is 35.6 Å². The summed E-state index contributed by atoms with van der Waals surface area (Å²) in [5, 5.41) is 10.1. The molecule has 110 valence electrons. The zero-order chi connectivity index (χ0) is 14.9. The zero-order valence-electron chi connectivity index (χ0n) is 12.0. The maximum absolute atomic E-state index is 12.9. The number of halogens is 1. The lowest BCUT2D eigenvalue weighted by Crippen LogP contribution is -2.35. The lowest BCUT2D eigenvalue weighted by molar-refractivity contribution is 0.0270. The smallest absolute Gasteiger partial charge is 0.410 e. The molecule has 2 unspecified atom stereocenters. The number of nitrogens with zero attached hydrogens (tertiary/aromatic N) is 1. The highest BCUT2D eigenvalue weighted by Gasteiger charge is 2.36. The van der Waals surface area contributed by atoms with Crippen LogP contribution in [0, 0.1) is 5.82 Å². The second-order valence-corrected chi connectivity index (χ2v) is 6.11. The van der Waals surface area contributed by atoms with E-state index in [0.29, 0.717) is 6.54 Å². The number of carbonyl (C=O) groups is 1. The molecule has 0 aliphatic carbocycles. The van der Waals surface area contributed by atoms with E-state index in [4.69, 9.17) is 4.74 Å². The van der Waals surface area contributed by atoms with Crippen LogP contribution in [-0.2, 0) is 4.74 Å². The third-order valence-corrected chi connectivity index (χ3v) is 3.24. The van der Waals surface area contributed by atoms with Crippen molar-refractivity contribution >= 4 is 6.09 Å². The molecule has 2 atom stereocenters. The molecule has 1 heterocycles. The van der Waals surface area contributed by atoms with Gasteiger partial charge in [0.15, 0.2) is 0 Å². The highest BCUT2D eigenvalue weighted by atomic mass is 19.1. The normalized spacial score (nSPS) is 22.9. The first kappa shape index (κ1) is 14.8. The average molecular weight is 281 g/mol. The molecular weight excluding hydrogens is 261 g/mol. The van der Waals surface area contributed by atoms with Crippen molar-refractivity contribution in [2.45, 2.75) is 38.4 Å². The zero-order valence-corrected chi connectivity index (χ0v) is 12.0. The van der Waals surface area contributed by atoms with Gasteiger partial charge in [-0.3, -0.25) is 0 Å². The summed E-state index contributed by atoms with van der Waals surface area (Å²) in [6.45, 7) is 6.01. The predicted octanol–water partition coefficient (Wildman–Crippen LogP) is 2.52. The first-order valence-corrected chi connectivity index (χ1v) is 6.68. The van der Waals surface area contributed by atoms with Crippen molar-refractivity contribution in [3.63, 3.8) is 0 Å². The standard InChI is InChI=1S/C15H20FNO3/c1-15(2,3)20-14(19)17-8-12(13(18)9-17)10-4-6-11(16)7-5-10/h4-7,12-13,18H,8-9H2,1-3H3. The van der Waals surface area contributed by atoms with Crippen molar-refractivity contribution in [1.82, 2.24) is 4.90 Å². The summed E-state index contributed by atoms with van der Waals surface area (Å²) >= 11 is 0. The topological polar surface area (TPSA) is 49.8 Å². The summed E-state index contributed by atoms with van der Waals surface area (Å²) in [6, 6.07) is 6.00. The minimum absolute atomic E-state index is 0.205. The highest BCUT2D eigenvalue weighted by Crippen LogP contribution is 2.28. The van der Waals surface area contributed by atoms with Gasteiger partial charge in [-0.2, -0.15) is 0 Å². The molecule has 1 amide bonds. The number of hydrogen-bond donors (Lipinski definition) is 1. The molecule has 1 N–H and O–H groups in total. The number of aliphatic hydroxyl groups is 1. The Labute approximate surface area is 118 Å². The molecule has 2 rings (SSSR count). The van der Waals surface area contributed by atoms with E-state index in [2.05, 4.69) is 0 Å². The van der Waals surface area contributed by atoms with Gasteiger partial charge in [0.1, 0.15) is 11.4 Å². The fourth-order valence-electron chi connectivity index (χ4n) is 2.30. The van der Waals surface area contributed by atoms with Crippen LogP contribution in [-0.4, -0.2) is 40.9 Å². The second kappa shape index (κ2) is 5.40. The summed E-state index contributed by atoms with van der Waals surface area (Å²) in [7, 11) is 0. The Morgan fingerprint density at radius 3 is 2.45 bits per heavy atom. The van der Waals surface area contributed by atoms with Crippen molar-refractivity contribution in [2.75, 3.05) is 13.1 Å². The van der Waals surface area contributed by atoms with Crippen LogP contribution >= 0.6 is 0 Å². The minimum Gasteiger partial charge on any atom is -0.444 e. The van der Waals surface area contributed by atoms with Gasteiger partial charge in [-0.25, -0.2) is 9.18 Å². The number of amides is 1. The first-order valence-electron chi connectivity index (χ1n) is 6.68. The van der Waals surface area contributed by atoms with Crippen LogP contribution in [0.15, 0.2) is 24.3 Å². The maximum Gasteiger partial charge on any atom is 0.410 e. The van der Waals surface area contributed by atoms with Crippen molar-refractivity contribution in [3.8, 4) is 0 Å². The number of carbonyl (C=O) groups excluding carboxylic acids is 1. The number of rotatable bonds is 1. The van der Waals surface area contributed by atoms with Crippen LogP contribution in [0.3, 0.4) is 0 Å². The number of benzene rings is 1. The van der Waals surface area contributed by atoms with Crippen LogP contribution in [0.1, 0.15) is 32.3 Å².